The molecule has 1 saturated heterocycles. The Balaban J connectivity index is 2.47. The van der Waals surface area contributed by atoms with E-state index in [0.29, 0.717) is 24.0 Å². The summed E-state index contributed by atoms with van der Waals surface area (Å²) in [6, 6.07) is 0. The van der Waals surface area contributed by atoms with Gasteiger partial charge in [0.1, 0.15) is 9.84 Å². The molecule has 84 valence electrons. The normalized spacial score (nSPS) is 24.7. The first-order chi connectivity index (χ1) is 6.59. The van der Waals surface area contributed by atoms with E-state index < -0.39 is 9.84 Å². The average molecular weight is 221 g/mol. The monoisotopic (exact) mass is 221 g/mol. The van der Waals surface area contributed by atoms with Crippen molar-refractivity contribution in [2.24, 2.45) is 11.7 Å². The van der Waals surface area contributed by atoms with E-state index in [1.807, 2.05) is 0 Å². The second kappa shape index (κ2) is 5.09. The first kappa shape index (κ1) is 11.9. The zero-order valence-corrected chi connectivity index (χ0v) is 9.42. The molecule has 0 saturated carbocycles. The fourth-order valence-corrected chi connectivity index (χ4v) is 3.52. The maximum Gasteiger partial charge on any atom is 0.150 e. The van der Waals surface area contributed by atoms with Crippen LogP contribution in [0.1, 0.15) is 19.3 Å². The predicted octanol–water partition coefficient (Wildman–Crippen LogP) is 0.175. The van der Waals surface area contributed by atoms with Crippen LogP contribution in [-0.4, -0.2) is 39.7 Å². The van der Waals surface area contributed by atoms with Crippen molar-refractivity contribution in [1.82, 2.24) is 0 Å². The van der Waals surface area contributed by atoms with Crippen LogP contribution in [0.3, 0.4) is 0 Å². The van der Waals surface area contributed by atoms with E-state index in [0.717, 1.165) is 19.3 Å². The lowest BCUT2D eigenvalue weighted by Gasteiger charge is -2.28. The summed E-state index contributed by atoms with van der Waals surface area (Å²) >= 11 is 0. The molecule has 1 aliphatic heterocycles. The quantitative estimate of drug-likeness (QED) is 0.735. The Kier molecular flexibility index (Phi) is 4.34. The highest BCUT2D eigenvalue weighted by Crippen LogP contribution is 2.25. The van der Waals surface area contributed by atoms with E-state index in [9.17, 15) is 8.42 Å². The molecule has 0 amide bonds. The molecule has 1 aliphatic rings. The third-order valence-electron chi connectivity index (χ3n) is 2.88. The second-order valence-corrected chi connectivity index (χ2v) is 6.14. The second-order valence-electron chi connectivity index (χ2n) is 3.84. The van der Waals surface area contributed by atoms with Crippen LogP contribution >= 0.6 is 0 Å². The highest BCUT2D eigenvalue weighted by atomic mass is 32.2. The molecule has 0 radical (unpaired) electrons. The summed E-state index contributed by atoms with van der Waals surface area (Å²) in [6.07, 6.45) is 2.40. The first-order valence-electron chi connectivity index (χ1n) is 5.02. The Labute approximate surface area is 85.7 Å². The van der Waals surface area contributed by atoms with Crippen LogP contribution in [0.4, 0.5) is 0 Å². The van der Waals surface area contributed by atoms with Crippen molar-refractivity contribution in [1.29, 1.82) is 0 Å². The van der Waals surface area contributed by atoms with Crippen molar-refractivity contribution in [3.63, 3.8) is 0 Å². The molecule has 0 aromatic carbocycles. The molecule has 4 nitrogen and oxygen atoms in total. The van der Waals surface area contributed by atoms with E-state index in [1.165, 1.54) is 0 Å². The molecule has 0 aromatic rings. The maximum atomic E-state index is 11.2. The van der Waals surface area contributed by atoms with Crippen LogP contribution in [0.5, 0.6) is 0 Å². The topological polar surface area (TPSA) is 69.4 Å². The van der Waals surface area contributed by atoms with Crippen molar-refractivity contribution in [3.8, 4) is 0 Å². The van der Waals surface area contributed by atoms with Gasteiger partial charge in [0.25, 0.3) is 0 Å². The van der Waals surface area contributed by atoms with Crippen molar-refractivity contribution in [2.75, 3.05) is 25.2 Å². The molecule has 14 heavy (non-hydrogen) atoms. The summed E-state index contributed by atoms with van der Waals surface area (Å²) in [4.78, 5) is 0. The Morgan fingerprint density at radius 3 is 2.43 bits per heavy atom. The maximum absolute atomic E-state index is 11.2. The standard InChI is InChI=1S/C9H19NO3S/c1-13-9(2-5-10)8-3-6-14(11,12)7-4-8/h8-9H,2-7,10H2,1H3. The lowest BCUT2D eigenvalue weighted by atomic mass is 9.94. The van der Waals surface area contributed by atoms with Crippen LogP contribution < -0.4 is 5.73 Å². The largest absolute Gasteiger partial charge is 0.381 e. The van der Waals surface area contributed by atoms with Crippen LogP contribution in [0.2, 0.25) is 0 Å². The summed E-state index contributed by atoms with van der Waals surface area (Å²) < 4.78 is 27.7. The highest BCUT2D eigenvalue weighted by molar-refractivity contribution is 7.91. The molecule has 0 aromatic heterocycles. The zero-order valence-electron chi connectivity index (χ0n) is 8.61. The fourth-order valence-electron chi connectivity index (χ4n) is 1.99. The van der Waals surface area contributed by atoms with E-state index in [2.05, 4.69) is 0 Å². The minimum Gasteiger partial charge on any atom is -0.381 e. The molecular weight excluding hydrogens is 202 g/mol. The Hall–Kier alpha value is -0.130. The van der Waals surface area contributed by atoms with Gasteiger partial charge < -0.3 is 10.5 Å². The van der Waals surface area contributed by atoms with Gasteiger partial charge in [0.2, 0.25) is 0 Å². The SMILES string of the molecule is COC(CCN)C1CCS(=O)(=O)CC1. The summed E-state index contributed by atoms with van der Waals surface area (Å²) in [7, 11) is -1.09. The third kappa shape index (κ3) is 3.22. The number of methoxy groups -OCH3 is 1. The van der Waals surface area contributed by atoms with Crippen molar-refractivity contribution < 1.29 is 13.2 Å². The summed E-state index contributed by atoms with van der Waals surface area (Å²) in [5.74, 6) is 0.983. The Morgan fingerprint density at radius 1 is 1.43 bits per heavy atom. The average Bonchev–Trinajstić information content (AvgIpc) is 2.15. The third-order valence-corrected chi connectivity index (χ3v) is 4.59. The van der Waals surface area contributed by atoms with Gasteiger partial charge in [-0.2, -0.15) is 0 Å². The number of sulfone groups is 1. The molecular formula is C9H19NO3S. The molecule has 1 unspecified atom stereocenters. The molecule has 1 heterocycles. The highest BCUT2D eigenvalue weighted by Gasteiger charge is 2.28. The van der Waals surface area contributed by atoms with Crippen LogP contribution in [0.25, 0.3) is 0 Å². The van der Waals surface area contributed by atoms with Gasteiger partial charge >= 0.3 is 0 Å². The van der Waals surface area contributed by atoms with Gasteiger partial charge in [-0.3, -0.25) is 0 Å². The fraction of sp³-hybridized carbons (Fsp3) is 1.00. The van der Waals surface area contributed by atoms with Gasteiger partial charge in [-0.05, 0) is 31.7 Å². The van der Waals surface area contributed by atoms with E-state index in [4.69, 9.17) is 10.5 Å². The number of hydrogen-bond acceptors (Lipinski definition) is 4. The van der Waals surface area contributed by atoms with Gasteiger partial charge in [0, 0.05) is 7.11 Å². The smallest absolute Gasteiger partial charge is 0.150 e. The molecule has 0 aliphatic carbocycles. The number of rotatable bonds is 4. The zero-order chi connectivity index (χ0) is 10.6. The molecule has 2 N–H and O–H groups in total. The Morgan fingerprint density at radius 2 is 2.00 bits per heavy atom. The van der Waals surface area contributed by atoms with Gasteiger partial charge in [0.05, 0.1) is 17.6 Å². The molecule has 1 rings (SSSR count). The van der Waals surface area contributed by atoms with E-state index >= 15 is 0 Å². The molecule has 5 heteroatoms. The molecule has 0 bridgehead atoms. The lowest BCUT2D eigenvalue weighted by molar-refractivity contribution is 0.0432. The predicted molar refractivity (Wildman–Crippen MR) is 55.8 cm³/mol. The van der Waals surface area contributed by atoms with Crippen molar-refractivity contribution in [3.05, 3.63) is 0 Å². The van der Waals surface area contributed by atoms with Gasteiger partial charge in [-0.1, -0.05) is 0 Å². The van der Waals surface area contributed by atoms with Crippen LogP contribution in [0, 0.1) is 5.92 Å². The van der Waals surface area contributed by atoms with Crippen molar-refractivity contribution >= 4 is 9.84 Å². The van der Waals surface area contributed by atoms with Crippen molar-refractivity contribution in [2.45, 2.75) is 25.4 Å². The van der Waals surface area contributed by atoms with E-state index in [1.54, 1.807) is 7.11 Å². The number of hydrogen-bond donors (Lipinski definition) is 1. The molecule has 0 spiro atoms. The lowest BCUT2D eigenvalue weighted by Crippen LogP contribution is -2.33. The van der Waals surface area contributed by atoms with Gasteiger partial charge in [-0.25, -0.2) is 8.42 Å². The molecule has 1 fully saturated rings. The minimum absolute atomic E-state index is 0.135. The van der Waals surface area contributed by atoms with Crippen LogP contribution in [0.15, 0.2) is 0 Å². The Bertz CT molecular complexity index is 249. The summed E-state index contributed by atoms with van der Waals surface area (Å²) in [5, 5.41) is 0. The van der Waals surface area contributed by atoms with Crippen LogP contribution in [-0.2, 0) is 14.6 Å². The molecule has 1 atom stereocenters. The minimum atomic E-state index is -2.76. The number of ether oxygens (including phenoxy) is 1. The number of nitrogens with two attached hydrogens (primary N) is 1. The van der Waals surface area contributed by atoms with Gasteiger partial charge in [-0.15, -0.1) is 0 Å². The van der Waals surface area contributed by atoms with Gasteiger partial charge in [0.15, 0.2) is 0 Å². The summed E-state index contributed by atoms with van der Waals surface area (Å²) in [5.41, 5.74) is 5.47. The summed E-state index contributed by atoms with van der Waals surface area (Å²) in [6.45, 7) is 0.599. The van der Waals surface area contributed by atoms with E-state index in [-0.39, 0.29) is 6.10 Å². The first-order valence-corrected chi connectivity index (χ1v) is 6.84.